The van der Waals surface area contributed by atoms with Crippen molar-refractivity contribution in [2.45, 2.75) is 59.7 Å². The van der Waals surface area contributed by atoms with Crippen LogP contribution in [0.2, 0.25) is 0 Å². The number of halogens is 1. The fourth-order valence-corrected chi connectivity index (χ4v) is 3.29. The van der Waals surface area contributed by atoms with E-state index in [1.807, 2.05) is 70.2 Å². The molecule has 1 atom stereocenters. The summed E-state index contributed by atoms with van der Waals surface area (Å²) in [6.07, 6.45) is 0.281. The Labute approximate surface area is 176 Å². The molecular weight excluding hydrogens is 416 g/mol. The number of carbonyl (C=O) groups is 2. The van der Waals surface area contributed by atoms with E-state index in [4.69, 9.17) is 0 Å². The van der Waals surface area contributed by atoms with Crippen LogP contribution in [0.15, 0.2) is 46.9 Å². The summed E-state index contributed by atoms with van der Waals surface area (Å²) in [5.41, 5.74) is 4.20. The van der Waals surface area contributed by atoms with Gasteiger partial charge in [-0.3, -0.25) is 9.59 Å². The summed E-state index contributed by atoms with van der Waals surface area (Å²) in [5.74, 6) is -0.190. The summed E-state index contributed by atoms with van der Waals surface area (Å²) in [4.78, 5) is 27.5. The molecule has 2 amide bonds. The Bertz CT molecular complexity index is 831. The van der Waals surface area contributed by atoms with Gasteiger partial charge in [0.05, 0.1) is 6.42 Å². The number of hydrogen-bond donors (Lipinski definition) is 1. The highest BCUT2D eigenvalue weighted by molar-refractivity contribution is 9.10. The molecule has 0 saturated carbocycles. The normalized spacial score (nSPS) is 12.0. The van der Waals surface area contributed by atoms with Gasteiger partial charge in [-0.05, 0) is 63.4 Å². The van der Waals surface area contributed by atoms with Crippen LogP contribution in [0.1, 0.15) is 43.0 Å². The van der Waals surface area contributed by atoms with Crippen molar-refractivity contribution >= 4 is 27.7 Å². The maximum atomic E-state index is 13.2. The van der Waals surface area contributed by atoms with Crippen molar-refractivity contribution in [1.82, 2.24) is 10.2 Å². The Morgan fingerprint density at radius 1 is 1.04 bits per heavy atom. The second-order valence-electron chi connectivity index (χ2n) is 7.59. The molecular formula is C23H29BrN2O2. The van der Waals surface area contributed by atoms with Crippen LogP contribution in [0.4, 0.5) is 0 Å². The second-order valence-corrected chi connectivity index (χ2v) is 8.51. The standard InChI is InChI=1S/C23H29BrN2O2/c1-15(2)25-23(28)18(5)26(14-19-8-10-21(24)11-9-19)22(27)13-20-12-16(3)6-7-17(20)4/h6-12,15,18H,13-14H2,1-5H3,(H,25,28). The first-order valence-electron chi connectivity index (χ1n) is 9.57. The van der Waals surface area contributed by atoms with Gasteiger partial charge in [0.15, 0.2) is 0 Å². The highest BCUT2D eigenvalue weighted by atomic mass is 79.9. The van der Waals surface area contributed by atoms with Gasteiger partial charge in [0, 0.05) is 17.1 Å². The van der Waals surface area contributed by atoms with Crippen LogP contribution < -0.4 is 5.32 Å². The highest BCUT2D eigenvalue weighted by Crippen LogP contribution is 2.17. The zero-order valence-corrected chi connectivity index (χ0v) is 18.8. The third kappa shape index (κ3) is 6.20. The molecule has 0 spiro atoms. The molecule has 150 valence electrons. The van der Waals surface area contributed by atoms with Crippen molar-refractivity contribution < 1.29 is 9.59 Å². The first-order chi connectivity index (χ1) is 13.2. The maximum absolute atomic E-state index is 13.2. The topological polar surface area (TPSA) is 49.4 Å². The van der Waals surface area contributed by atoms with Crippen LogP contribution in [0.3, 0.4) is 0 Å². The SMILES string of the molecule is Cc1ccc(C)c(CC(=O)N(Cc2ccc(Br)cc2)C(C)C(=O)NC(C)C)c1. The lowest BCUT2D eigenvalue weighted by atomic mass is 10.0. The fourth-order valence-electron chi connectivity index (χ4n) is 3.03. The lowest BCUT2D eigenvalue weighted by Gasteiger charge is -2.29. The minimum atomic E-state index is -0.552. The minimum absolute atomic E-state index is 0.0265. The van der Waals surface area contributed by atoms with Crippen molar-refractivity contribution in [1.29, 1.82) is 0 Å². The number of benzene rings is 2. The van der Waals surface area contributed by atoms with Crippen molar-refractivity contribution in [3.63, 3.8) is 0 Å². The fraction of sp³-hybridized carbons (Fsp3) is 0.391. The Morgan fingerprint density at radius 3 is 2.29 bits per heavy atom. The van der Waals surface area contributed by atoms with Crippen LogP contribution >= 0.6 is 15.9 Å². The number of hydrogen-bond acceptors (Lipinski definition) is 2. The quantitative estimate of drug-likeness (QED) is 0.680. The van der Waals surface area contributed by atoms with E-state index in [2.05, 4.69) is 21.2 Å². The minimum Gasteiger partial charge on any atom is -0.352 e. The third-order valence-electron chi connectivity index (χ3n) is 4.71. The molecule has 0 aliphatic carbocycles. The van der Waals surface area contributed by atoms with E-state index in [1.165, 1.54) is 0 Å². The summed E-state index contributed by atoms with van der Waals surface area (Å²) in [6.45, 7) is 10.0. The predicted octanol–water partition coefficient (Wildman–Crippen LogP) is 4.55. The van der Waals surface area contributed by atoms with Gasteiger partial charge in [0.2, 0.25) is 11.8 Å². The Hall–Kier alpha value is -2.14. The Kier molecular flexibility index (Phi) is 7.81. The third-order valence-corrected chi connectivity index (χ3v) is 5.24. The molecule has 1 unspecified atom stereocenters. The maximum Gasteiger partial charge on any atom is 0.242 e. The number of carbonyl (C=O) groups excluding carboxylic acids is 2. The molecule has 1 N–H and O–H groups in total. The first kappa shape index (κ1) is 22.2. The largest absolute Gasteiger partial charge is 0.352 e. The molecule has 0 heterocycles. The van der Waals surface area contributed by atoms with Gasteiger partial charge in [0.1, 0.15) is 6.04 Å². The smallest absolute Gasteiger partial charge is 0.242 e. The van der Waals surface area contributed by atoms with Gasteiger partial charge >= 0.3 is 0 Å². The van der Waals surface area contributed by atoms with E-state index < -0.39 is 6.04 Å². The average molecular weight is 445 g/mol. The summed E-state index contributed by atoms with van der Waals surface area (Å²) in [7, 11) is 0. The molecule has 0 aromatic heterocycles. The molecule has 2 aromatic rings. The first-order valence-corrected chi connectivity index (χ1v) is 10.4. The van der Waals surface area contributed by atoms with E-state index in [-0.39, 0.29) is 24.3 Å². The number of aryl methyl sites for hydroxylation is 2. The summed E-state index contributed by atoms with van der Waals surface area (Å²) < 4.78 is 0.982. The van der Waals surface area contributed by atoms with Crippen LogP contribution in [0.25, 0.3) is 0 Å². The summed E-state index contributed by atoms with van der Waals surface area (Å²) in [6, 6.07) is 13.4. The zero-order chi connectivity index (χ0) is 20.8. The van der Waals surface area contributed by atoms with Crippen molar-refractivity contribution in [3.8, 4) is 0 Å². The number of amides is 2. The molecule has 0 aliphatic rings. The van der Waals surface area contributed by atoms with E-state index in [0.29, 0.717) is 6.54 Å². The van der Waals surface area contributed by atoms with E-state index in [9.17, 15) is 9.59 Å². The predicted molar refractivity (Wildman–Crippen MR) is 117 cm³/mol. The van der Waals surface area contributed by atoms with Gasteiger partial charge in [-0.1, -0.05) is 51.8 Å². The van der Waals surface area contributed by atoms with Crippen LogP contribution in [-0.4, -0.2) is 28.8 Å². The van der Waals surface area contributed by atoms with E-state index >= 15 is 0 Å². The van der Waals surface area contributed by atoms with Gasteiger partial charge in [-0.25, -0.2) is 0 Å². The molecule has 2 aromatic carbocycles. The van der Waals surface area contributed by atoms with Crippen molar-refractivity contribution in [2.75, 3.05) is 0 Å². The molecule has 0 aliphatic heterocycles. The lowest BCUT2D eigenvalue weighted by Crippen LogP contribution is -2.49. The summed E-state index contributed by atoms with van der Waals surface area (Å²) >= 11 is 3.43. The van der Waals surface area contributed by atoms with Crippen LogP contribution in [-0.2, 0) is 22.6 Å². The highest BCUT2D eigenvalue weighted by Gasteiger charge is 2.26. The molecule has 0 saturated heterocycles. The van der Waals surface area contributed by atoms with Gasteiger partial charge in [-0.2, -0.15) is 0 Å². The van der Waals surface area contributed by atoms with Crippen LogP contribution in [0, 0.1) is 13.8 Å². The number of rotatable bonds is 7. The zero-order valence-electron chi connectivity index (χ0n) is 17.3. The average Bonchev–Trinajstić information content (AvgIpc) is 2.63. The molecule has 0 fully saturated rings. The molecule has 28 heavy (non-hydrogen) atoms. The van der Waals surface area contributed by atoms with E-state index in [1.54, 1.807) is 11.8 Å². The Balaban J connectivity index is 2.27. The monoisotopic (exact) mass is 444 g/mol. The number of nitrogens with zero attached hydrogens (tertiary/aromatic N) is 1. The number of nitrogens with one attached hydrogen (secondary N) is 1. The van der Waals surface area contributed by atoms with Crippen molar-refractivity contribution in [3.05, 3.63) is 69.2 Å². The lowest BCUT2D eigenvalue weighted by molar-refractivity contribution is -0.140. The van der Waals surface area contributed by atoms with E-state index in [0.717, 1.165) is 26.7 Å². The second kappa shape index (κ2) is 9.87. The van der Waals surface area contributed by atoms with Crippen molar-refractivity contribution in [2.24, 2.45) is 0 Å². The van der Waals surface area contributed by atoms with Gasteiger partial charge in [0.25, 0.3) is 0 Å². The van der Waals surface area contributed by atoms with Gasteiger partial charge in [-0.15, -0.1) is 0 Å². The summed E-state index contributed by atoms with van der Waals surface area (Å²) in [5, 5.41) is 2.92. The molecule has 5 heteroatoms. The van der Waals surface area contributed by atoms with Gasteiger partial charge < -0.3 is 10.2 Å². The van der Waals surface area contributed by atoms with Crippen LogP contribution in [0.5, 0.6) is 0 Å². The Morgan fingerprint density at radius 2 is 1.68 bits per heavy atom. The molecule has 0 radical (unpaired) electrons. The molecule has 0 bridgehead atoms. The molecule has 4 nitrogen and oxygen atoms in total. The molecule has 2 rings (SSSR count).